The maximum absolute atomic E-state index is 11.8. The van der Waals surface area contributed by atoms with Gasteiger partial charge in [0.25, 0.3) is 0 Å². The van der Waals surface area contributed by atoms with Gasteiger partial charge in [0.2, 0.25) is 0 Å². The van der Waals surface area contributed by atoms with E-state index in [9.17, 15) is 9.59 Å². The summed E-state index contributed by atoms with van der Waals surface area (Å²) in [5.41, 5.74) is 8.41. The van der Waals surface area contributed by atoms with Gasteiger partial charge < -0.3 is 18.9 Å². The molecule has 0 aromatic heterocycles. The molecule has 1 aromatic carbocycles. The van der Waals surface area contributed by atoms with Crippen LogP contribution in [-0.2, 0) is 28.5 Å². The van der Waals surface area contributed by atoms with E-state index in [4.69, 9.17) is 24.5 Å². The normalized spacial score (nSPS) is 27.3. The first-order valence-corrected chi connectivity index (χ1v) is 9.06. The van der Waals surface area contributed by atoms with Crippen LogP contribution in [0.5, 0.6) is 0 Å². The van der Waals surface area contributed by atoms with Crippen LogP contribution in [0.1, 0.15) is 13.3 Å². The second-order valence-electron chi connectivity index (χ2n) is 5.72. The Balaban J connectivity index is 2.35. The highest BCUT2D eigenvalue weighted by molar-refractivity contribution is 7.99. The van der Waals surface area contributed by atoms with Crippen LogP contribution in [-0.4, -0.2) is 55.9 Å². The molecule has 0 bridgehead atoms. The molecule has 1 aromatic rings. The summed E-state index contributed by atoms with van der Waals surface area (Å²) in [4.78, 5) is 27.1. The molecular weight excluding hydrogens is 374 g/mol. The van der Waals surface area contributed by atoms with Crippen molar-refractivity contribution in [3.8, 4) is 0 Å². The fourth-order valence-corrected chi connectivity index (χ4v) is 4.00. The van der Waals surface area contributed by atoms with Gasteiger partial charge in [0, 0.05) is 23.8 Å². The average Bonchev–Trinajstić information content (AvgIpc) is 2.65. The maximum atomic E-state index is 11.8. The average molecular weight is 395 g/mol. The lowest BCUT2D eigenvalue weighted by atomic mass is 9.95. The first-order valence-electron chi connectivity index (χ1n) is 8.18. The van der Waals surface area contributed by atoms with Crippen molar-refractivity contribution in [1.82, 2.24) is 0 Å². The second kappa shape index (κ2) is 10.2. The summed E-state index contributed by atoms with van der Waals surface area (Å²) in [7, 11) is 2.71. The van der Waals surface area contributed by atoms with Crippen LogP contribution in [0, 0.1) is 0 Å². The van der Waals surface area contributed by atoms with Gasteiger partial charge in [-0.2, -0.15) is 0 Å². The molecule has 2 rings (SSSR count). The number of carbonyl (C=O) groups is 2. The van der Waals surface area contributed by atoms with E-state index in [1.807, 2.05) is 30.3 Å². The van der Waals surface area contributed by atoms with Crippen LogP contribution >= 0.6 is 11.8 Å². The molecule has 0 radical (unpaired) electrons. The molecule has 1 saturated heterocycles. The van der Waals surface area contributed by atoms with Crippen LogP contribution in [0.25, 0.3) is 10.4 Å². The van der Waals surface area contributed by atoms with E-state index in [2.05, 4.69) is 10.0 Å². The molecule has 0 unspecified atom stereocenters. The number of benzene rings is 1. The van der Waals surface area contributed by atoms with Gasteiger partial charge in [0.1, 0.15) is 29.8 Å². The lowest BCUT2D eigenvalue weighted by Crippen LogP contribution is -2.58. The molecule has 0 N–H and O–H groups in total. The Labute approximate surface area is 160 Å². The molecule has 0 spiro atoms. The molecule has 5 atom stereocenters. The minimum Gasteiger partial charge on any atom is -0.469 e. The van der Waals surface area contributed by atoms with Gasteiger partial charge in [0.05, 0.1) is 13.5 Å². The fraction of sp³-hybridized carbons (Fsp3) is 0.529. The molecule has 1 aliphatic rings. The van der Waals surface area contributed by atoms with E-state index in [0.717, 1.165) is 4.90 Å². The summed E-state index contributed by atoms with van der Waals surface area (Å²) >= 11 is 1.36. The Hall–Kier alpha value is -2.26. The van der Waals surface area contributed by atoms with Crippen LogP contribution in [0.15, 0.2) is 40.3 Å². The van der Waals surface area contributed by atoms with E-state index in [-0.39, 0.29) is 6.42 Å². The van der Waals surface area contributed by atoms with Crippen LogP contribution in [0.4, 0.5) is 0 Å². The Morgan fingerprint density at radius 1 is 1.26 bits per heavy atom. The van der Waals surface area contributed by atoms with Crippen molar-refractivity contribution in [2.24, 2.45) is 5.11 Å². The number of rotatable bonds is 7. The summed E-state index contributed by atoms with van der Waals surface area (Å²) in [6.07, 6.45) is -2.67. The van der Waals surface area contributed by atoms with Crippen molar-refractivity contribution < 1.29 is 28.5 Å². The van der Waals surface area contributed by atoms with Crippen molar-refractivity contribution in [1.29, 1.82) is 0 Å². The monoisotopic (exact) mass is 395 g/mol. The van der Waals surface area contributed by atoms with Gasteiger partial charge >= 0.3 is 11.9 Å². The zero-order valence-corrected chi connectivity index (χ0v) is 16.0. The van der Waals surface area contributed by atoms with Crippen molar-refractivity contribution in [3.05, 3.63) is 40.8 Å². The van der Waals surface area contributed by atoms with E-state index in [0.29, 0.717) is 0 Å². The molecule has 1 aliphatic heterocycles. The number of methoxy groups -OCH3 is 2. The first kappa shape index (κ1) is 21.0. The smallest absolute Gasteiger partial charge is 0.308 e. The third-order valence-electron chi connectivity index (χ3n) is 3.97. The zero-order chi connectivity index (χ0) is 19.8. The van der Waals surface area contributed by atoms with E-state index < -0.39 is 41.7 Å². The molecule has 1 fully saturated rings. The van der Waals surface area contributed by atoms with Crippen LogP contribution in [0.3, 0.4) is 0 Å². The number of nitrogens with zero attached hydrogens (tertiary/aromatic N) is 3. The molecule has 0 aliphatic carbocycles. The number of ether oxygens (including phenoxy) is 4. The Morgan fingerprint density at radius 3 is 2.52 bits per heavy atom. The molecule has 27 heavy (non-hydrogen) atoms. The molecule has 146 valence electrons. The third-order valence-corrected chi connectivity index (χ3v) is 5.12. The number of esters is 2. The molecule has 1 heterocycles. The molecule has 9 nitrogen and oxygen atoms in total. The summed E-state index contributed by atoms with van der Waals surface area (Å²) < 4.78 is 21.6. The minimum absolute atomic E-state index is 0.159. The lowest BCUT2D eigenvalue weighted by Gasteiger charge is -2.43. The van der Waals surface area contributed by atoms with Gasteiger partial charge in [-0.1, -0.05) is 35.1 Å². The molecular formula is C17H21N3O6S. The van der Waals surface area contributed by atoms with Gasteiger partial charge in [-0.05, 0) is 17.7 Å². The molecule has 0 saturated carbocycles. The van der Waals surface area contributed by atoms with Crippen LogP contribution in [0.2, 0.25) is 0 Å². The summed E-state index contributed by atoms with van der Waals surface area (Å²) in [5, 5.41) is 3.78. The SMILES string of the molecule is COC(=O)C[C@H]1O[C@@H](Sc2ccccc2)[C@H](OC)[C@@H](N=[N+]=[N-])[C@H]1OC(C)=O. The standard InChI is InChI=1S/C17H21N3O6S/c1-10(21)25-15-12(9-13(22)23-2)26-17(16(24-3)14(15)19-20-18)27-11-7-5-4-6-8-11/h4-8,12,14-17H,9H2,1-3H3/t12-,14+,15+,16-,17+/m1/s1. The molecule has 0 amide bonds. The van der Waals surface area contributed by atoms with Crippen molar-refractivity contribution in [2.75, 3.05) is 14.2 Å². The maximum Gasteiger partial charge on any atom is 0.308 e. The largest absolute Gasteiger partial charge is 0.469 e. The fourth-order valence-electron chi connectivity index (χ4n) is 2.81. The van der Waals surface area contributed by atoms with Crippen molar-refractivity contribution in [3.63, 3.8) is 0 Å². The number of hydrogen-bond donors (Lipinski definition) is 0. The third kappa shape index (κ3) is 5.61. The minimum atomic E-state index is -0.977. The highest BCUT2D eigenvalue weighted by Crippen LogP contribution is 2.37. The number of azide groups is 1. The quantitative estimate of drug-likeness (QED) is 0.301. The van der Waals surface area contributed by atoms with Gasteiger partial charge in [-0.3, -0.25) is 9.59 Å². The lowest BCUT2D eigenvalue weighted by molar-refractivity contribution is -0.190. The van der Waals surface area contributed by atoms with Gasteiger partial charge in [0.15, 0.2) is 0 Å². The van der Waals surface area contributed by atoms with Gasteiger partial charge in [-0.25, -0.2) is 0 Å². The van der Waals surface area contributed by atoms with Crippen LogP contribution < -0.4 is 0 Å². The number of carbonyl (C=O) groups excluding carboxylic acids is 2. The zero-order valence-electron chi connectivity index (χ0n) is 15.2. The molecule has 10 heteroatoms. The Bertz CT molecular complexity index is 697. The highest BCUT2D eigenvalue weighted by atomic mass is 32.2. The first-order chi connectivity index (χ1) is 13.0. The summed E-state index contributed by atoms with van der Waals surface area (Å²) in [5.74, 6) is -1.11. The number of hydrogen-bond acceptors (Lipinski definition) is 8. The topological polar surface area (TPSA) is 120 Å². The van der Waals surface area contributed by atoms with E-state index in [1.165, 1.54) is 32.9 Å². The van der Waals surface area contributed by atoms with Crippen molar-refractivity contribution in [2.45, 2.75) is 48.0 Å². The van der Waals surface area contributed by atoms with Crippen molar-refractivity contribution >= 4 is 23.7 Å². The summed E-state index contributed by atoms with van der Waals surface area (Å²) in [6, 6.07) is 8.58. The predicted octanol–water partition coefficient (Wildman–Crippen LogP) is 2.69. The Morgan fingerprint density at radius 2 is 1.96 bits per heavy atom. The van der Waals surface area contributed by atoms with Gasteiger partial charge in [-0.15, -0.1) is 0 Å². The summed E-state index contributed by atoms with van der Waals surface area (Å²) in [6.45, 7) is 1.23. The highest BCUT2D eigenvalue weighted by Gasteiger charge is 2.48. The number of thioether (sulfide) groups is 1. The predicted molar refractivity (Wildman–Crippen MR) is 96.9 cm³/mol. The second-order valence-corrected chi connectivity index (χ2v) is 6.90. The Kier molecular flexibility index (Phi) is 7.93. The van der Waals surface area contributed by atoms with E-state index >= 15 is 0 Å². The van der Waals surface area contributed by atoms with E-state index in [1.54, 1.807) is 0 Å².